The van der Waals surface area contributed by atoms with Crippen LogP contribution in [0.4, 0.5) is 11.4 Å². The average molecular weight is 341 g/mol. The lowest BCUT2D eigenvalue weighted by Gasteiger charge is -2.33. The summed E-state index contributed by atoms with van der Waals surface area (Å²) in [4.78, 5) is 4.97. The predicted molar refractivity (Wildman–Crippen MR) is 94.8 cm³/mol. The Bertz CT molecular complexity index is 619. The summed E-state index contributed by atoms with van der Waals surface area (Å²) in [6.07, 6.45) is 1.10. The lowest BCUT2D eigenvalue weighted by Crippen LogP contribution is -2.24. The van der Waals surface area contributed by atoms with Gasteiger partial charge in [-0.1, -0.05) is 35.5 Å². The van der Waals surface area contributed by atoms with Gasteiger partial charge in [-0.3, -0.25) is 0 Å². The molecule has 2 nitrogen and oxygen atoms in total. The van der Waals surface area contributed by atoms with Gasteiger partial charge in [-0.25, -0.2) is 0 Å². The van der Waals surface area contributed by atoms with Crippen LogP contribution in [-0.4, -0.2) is 20.1 Å². The van der Waals surface area contributed by atoms with Crippen LogP contribution in [0.2, 0.25) is 5.02 Å². The minimum Gasteiger partial charge on any atom is -0.340 e. The monoisotopic (exact) mass is 340 g/mol. The third-order valence-corrected chi connectivity index (χ3v) is 4.76. The fourth-order valence-electron chi connectivity index (χ4n) is 2.46. The quantitative estimate of drug-likeness (QED) is 0.790. The van der Waals surface area contributed by atoms with E-state index in [0.717, 1.165) is 24.5 Å². The number of nitrogens with zero attached hydrogens (tertiary/aromatic N) is 1. The van der Waals surface area contributed by atoms with Crippen LogP contribution in [0.15, 0.2) is 52.3 Å². The van der Waals surface area contributed by atoms with Crippen molar-refractivity contribution in [1.29, 1.82) is 0 Å². The maximum atomic E-state index is 6.18. The summed E-state index contributed by atoms with van der Waals surface area (Å²) in [5.74, 6) is 0. The molecular formula is C16H18Cl2N2S. The molecule has 0 amide bonds. The van der Waals surface area contributed by atoms with E-state index in [4.69, 9.17) is 11.6 Å². The molecule has 1 aliphatic rings. The Morgan fingerprint density at radius 1 is 1.10 bits per heavy atom. The molecule has 2 aromatic carbocycles. The zero-order valence-electron chi connectivity index (χ0n) is 11.8. The second-order valence-corrected chi connectivity index (χ2v) is 6.31. The Balaban J connectivity index is 0.00000161. The highest BCUT2D eigenvalue weighted by Gasteiger charge is 2.22. The molecule has 3 rings (SSSR count). The van der Waals surface area contributed by atoms with Gasteiger partial charge in [0.1, 0.15) is 0 Å². The van der Waals surface area contributed by atoms with E-state index in [1.54, 1.807) is 0 Å². The summed E-state index contributed by atoms with van der Waals surface area (Å²) < 4.78 is 0. The fraction of sp³-hybridized carbons (Fsp3) is 0.250. The first-order valence-corrected chi connectivity index (χ1v) is 7.97. The molecular weight excluding hydrogens is 323 g/mol. The summed E-state index contributed by atoms with van der Waals surface area (Å²) in [6.45, 7) is 2.01. The van der Waals surface area contributed by atoms with E-state index >= 15 is 0 Å². The summed E-state index contributed by atoms with van der Waals surface area (Å²) in [7, 11) is 1.99. The molecule has 0 unspecified atom stereocenters. The normalized spacial score (nSPS) is 12.4. The smallest absolute Gasteiger partial charge is 0.0567 e. The van der Waals surface area contributed by atoms with Gasteiger partial charge in [-0.2, -0.15) is 0 Å². The lowest BCUT2D eigenvalue weighted by molar-refractivity contribution is 0.719. The highest BCUT2D eigenvalue weighted by Crippen LogP contribution is 2.48. The Labute approximate surface area is 141 Å². The van der Waals surface area contributed by atoms with Gasteiger partial charge in [0.25, 0.3) is 0 Å². The van der Waals surface area contributed by atoms with E-state index in [2.05, 4.69) is 46.6 Å². The van der Waals surface area contributed by atoms with Crippen LogP contribution in [-0.2, 0) is 0 Å². The molecule has 0 spiro atoms. The van der Waals surface area contributed by atoms with Crippen LogP contribution in [0.5, 0.6) is 0 Å². The SMILES string of the molecule is CNCCCN1c2ccccc2Sc2ccc(Cl)cc21.Cl. The topological polar surface area (TPSA) is 15.3 Å². The summed E-state index contributed by atoms with van der Waals surface area (Å²) in [5.41, 5.74) is 2.50. The van der Waals surface area contributed by atoms with Gasteiger partial charge in [-0.15, -0.1) is 12.4 Å². The minimum absolute atomic E-state index is 0. The number of para-hydroxylation sites is 1. The number of halogens is 2. The first-order valence-electron chi connectivity index (χ1n) is 6.78. The van der Waals surface area contributed by atoms with E-state index < -0.39 is 0 Å². The standard InChI is InChI=1S/C16H17ClN2S.ClH/c1-18-9-4-10-19-13-5-2-3-6-15(13)20-16-8-7-12(17)11-14(16)19;/h2-3,5-8,11,18H,4,9-10H2,1H3;1H. The molecule has 1 aliphatic heterocycles. The van der Waals surface area contributed by atoms with Crippen molar-refractivity contribution in [3.05, 3.63) is 47.5 Å². The second kappa shape index (κ2) is 7.41. The van der Waals surface area contributed by atoms with Crippen molar-refractivity contribution in [3.8, 4) is 0 Å². The molecule has 0 saturated carbocycles. The van der Waals surface area contributed by atoms with Crippen LogP contribution in [0.25, 0.3) is 0 Å². The molecule has 112 valence electrons. The Hall–Kier alpha value is -0.870. The molecule has 0 aliphatic carbocycles. The van der Waals surface area contributed by atoms with Gasteiger partial charge in [0, 0.05) is 21.4 Å². The number of anilines is 2. The van der Waals surface area contributed by atoms with Gasteiger partial charge in [0.2, 0.25) is 0 Å². The number of rotatable bonds is 4. The van der Waals surface area contributed by atoms with E-state index in [1.165, 1.54) is 21.2 Å². The third kappa shape index (κ3) is 3.49. The highest BCUT2D eigenvalue weighted by molar-refractivity contribution is 7.99. The van der Waals surface area contributed by atoms with Crippen molar-refractivity contribution in [2.24, 2.45) is 0 Å². The number of fused-ring (bicyclic) bond motifs is 2. The Morgan fingerprint density at radius 2 is 1.86 bits per heavy atom. The van der Waals surface area contributed by atoms with Crippen molar-refractivity contribution < 1.29 is 0 Å². The fourth-order valence-corrected chi connectivity index (χ4v) is 3.70. The molecule has 5 heteroatoms. The molecule has 0 aromatic heterocycles. The summed E-state index contributed by atoms with van der Waals surface area (Å²) >= 11 is 8.00. The zero-order chi connectivity index (χ0) is 13.9. The van der Waals surface area contributed by atoms with Crippen molar-refractivity contribution in [2.75, 3.05) is 25.0 Å². The van der Waals surface area contributed by atoms with Crippen molar-refractivity contribution >= 4 is 47.1 Å². The third-order valence-electron chi connectivity index (χ3n) is 3.40. The first kappa shape index (κ1) is 16.5. The van der Waals surface area contributed by atoms with Gasteiger partial charge in [0.05, 0.1) is 11.4 Å². The largest absolute Gasteiger partial charge is 0.340 e. The van der Waals surface area contributed by atoms with Crippen LogP contribution in [0.1, 0.15) is 6.42 Å². The van der Waals surface area contributed by atoms with E-state index in [0.29, 0.717) is 0 Å². The van der Waals surface area contributed by atoms with Crippen LogP contribution in [0.3, 0.4) is 0 Å². The van der Waals surface area contributed by atoms with Crippen molar-refractivity contribution in [3.63, 3.8) is 0 Å². The summed E-state index contributed by atoms with van der Waals surface area (Å²) in [5, 5.41) is 4.00. The lowest BCUT2D eigenvalue weighted by atomic mass is 10.2. The number of hydrogen-bond acceptors (Lipinski definition) is 3. The van der Waals surface area contributed by atoms with Gasteiger partial charge < -0.3 is 10.2 Å². The molecule has 0 fully saturated rings. The van der Waals surface area contributed by atoms with Gasteiger partial charge >= 0.3 is 0 Å². The molecule has 1 heterocycles. The molecule has 2 aromatic rings. The molecule has 0 saturated heterocycles. The van der Waals surface area contributed by atoms with Crippen LogP contribution in [0, 0.1) is 0 Å². The Kier molecular flexibility index (Phi) is 5.82. The van der Waals surface area contributed by atoms with Gasteiger partial charge in [0.15, 0.2) is 0 Å². The number of nitrogens with one attached hydrogen (secondary N) is 1. The maximum absolute atomic E-state index is 6.18. The molecule has 1 N–H and O–H groups in total. The highest BCUT2D eigenvalue weighted by atomic mass is 35.5. The minimum atomic E-state index is 0. The first-order chi connectivity index (χ1) is 9.79. The van der Waals surface area contributed by atoms with E-state index in [-0.39, 0.29) is 12.4 Å². The van der Waals surface area contributed by atoms with E-state index in [1.807, 2.05) is 24.9 Å². The molecule has 0 atom stereocenters. The summed E-state index contributed by atoms with van der Waals surface area (Å²) in [6, 6.07) is 14.7. The van der Waals surface area contributed by atoms with Gasteiger partial charge in [-0.05, 0) is 50.3 Å². The molecule has 21 heavy (non-hydrogen) atoms. The van der Waals surface area contributed by atoms with Crippen molar-refractivity contribution in [1.82, 2.24) is 5.32 Å². The van der Waals surface area contributed by atoms with Crippen LogP contribution < -0.4 is 10.2 Å². The van der Waals surface area contributed by atoms with Crippen molar-refractivity contribution in [2.45, 2.75) is 16.2 Å². The second-order valence-electron chi connectivity index (χ2n) is 4.79. The molecule has 0 bridgehead atoms. The maximum Gasteiger partial charge on any atom is 0.0567 e. The average Bonchev–Trinajstić information content (AvgIpc) is 2.47. The van der Waals surface area contributed by atoms with E-state index in [9.17, 15) is 0 Å². The zero-order valence-corrected chi connectivity index (χ0v) is 14.2. The predicted octanol–water partition coefficient (Wildman–Crippen LogP) is 4.97. The molecule has 0 radical (unpaired) electrons. The van der Waals surface area contributed by atoms with Crippen LogP contribution >= 0.6 is 35.8 Å². The number of benzene rings is 2. The Morgan fingerprint density at radius 3 is 2.67 bits per heavy atom. The number of hydrogen-bond donors (Lipinski definition) is 1.